The molecule has 1 aromatic heterocycles. The molecule has 5 rings (SSSR count). The standard InChI is InChI=1S/C32H30ClFN4O3/c1-3-41-29(39)20-37-18-24(17-22-9-13-26(34)14-10-22)31-28(19-37)30(36-38(31)27-15-11-25(33)12-16-27)32(40)35-21(2)23-7-5-4-6-8-23/h4-17,21H,3,18-20H2,1-2H3,(H,35,40)/b24-17+/t21-/m1/s1. The minimum Gasteiger partial charge on any atom is -0.465 e. The molecule has 7 nitrogen and oxygen atoms in total. The largest absolute Gasteiger partial charge is 0.465 e. The van der Waals surface area contributed by atoms with Gasteiger partial charge in [0.2, 0.25) is 0 Å². The van der Waals surface area contributed by atoms with Crippen molar-refractivity contribution in [3.05, 3.63) is 118 Å². The molecule has 0 unspecified atom stereocenters. The van der Waals surface area contributed by atoms with Crippen molar-refractivity contribution in [2.24, 2.45) is 0 Å². The van der Waals surface area contributed by atoms with E-state index in [2.05, 4.69) is 5.32 Å². The van der Waals surface area contributed by atoms with Crippen LogP contribution in [-0.4, -0.2) is 46.3 Å². The average Bonchev–Trinajstić information content (AvgIpc) is 3.35. The fraction of sp³-hybridized carbons (Fsp3) is 0.219. The number of halogens is 2. The second kappa shape index (κ2) is 12.5. The molecule has 0 spiro atoms. The van der Waals surface area contributed by atoms with E-state index in [4.69, 9.17) is 21.4 Å². The zero-order valence-corrected chi connectivity index (χ0v) is 23.6. The number of nitrogens with one attached hydrogen (secondary N) is 1. The Morgan fingerprint density at radius 3 is 2.44 bits per heavy atom. The molecule has 1 aliphatic heterocycles. The molecule has 0 radical (unpaired) electrons. The molecule has 0 bridgehead atoms. The quantitative estimate of drug-likeness (QED) is 0.259. The summed E-state index contributed by atoms with van der Waals surface area (Å²) in [5, 5.41) is 8.46. The topological polar surface area (TPSA) is 76.5 Å². The van der Waals surface area contributed by atoms with Crippen LogP contribution < -0.4 is 5.32 Å². The fourth-order valence-corrected chi connectivity index (χ4v) is 5.07. The molecular weight excluding hydrogens is 543 g/mol. The van der Waals surface area contributed by atoms with Crippen LogP contribution >= 0.6 is 11.6 Å². The zero-order valence-electron chi connectivity index (χ0n) is 22.8. The van der Waals surface area contributed by atoms with Gasteiger partial charge in [-0.3, -0.25) is 14.5 Å². The van der Waals surface area contributed by atoms with Crippen molar-refractivity contribution in [2.45, 2.75) is 26.4 Å². The van der Waals surface area contributed by atoms with Crippen molar-refractivity contribution in [3.8, 4) is 5.69 Å². The van der Waals surface area contributed by atoms with Gasteiger partial charge in [0.1, 0.15) is 5.82 Å². The van der Waals surface area contributed by atoms with Gasteiger partial charge in [-0.05, 0) is 73.0 Å². The smallest absolute Gasteiger partial charge is 0.320 e. The van der Waals surface area contributed by atoms with Crippen molar-refractivity contribution < 1.29 is 18.7 Å². The Kier molecular flexibility index (Phi) is 8.61. The van der Waals surface area contributed by atoms with Gasteiger partial charge in [0.25, 0.3) is 5.91 Å². The first-order chi connectivity index (χ1) is 19.8. The SMILES string of the molecule is CCOC(=O)CN1C/C(=C\c2ccc(F)cc2)c2c(c(C(=O)N[C@H](C)c3ccccc3)nn2-c2ccc(Cl)cc2)C1. The summed E-state index contributed by atoms with van der Waals surface area (Å²) in [6, 6.07) is 22.8. The number of hydrogen-bond donors (Lipinski definition) is 1. The molecular formula is C32H30ClFN4O3. The summed E-state index contributed by atoms with van der Waals surface area (Å²) in [4.78, 5) is 28.1. The molecule has 4 aromatic rings. The second-order valence-electron chi connectivity index (χ2n) is 9.84. The highest BCUT2D eigenvalue weighted by atomic mass is 35.5. The molecule has 1 aliphatic rings. The van der Waals surface area contributed by atoms with E-state index in [1.165, 1.54) is 12.1 Å². The zero-order chi connectivity index (χ0) is 28.9. The van der Waals surface area contributed by atoms with Crippen molar-refractivity contribution in [1.29, 1.82) is 0 Å². The summed E-state index contributed by atoms with van der Waals surface area (Å²) in [7, 11) is 0. The first kappa shape index (κ1) is 28.3. The van der Waals surface area contributed by atoms with Crippen LogP contribution in [0.4, 0.5) is 4.39 Å². The van der Waals surface area contributed by atoms with E-state index in [0.717, 1.165) is 28.1 Å². The highest BCUT2D eigenvalue weighted by Crippen LogP contribution is 2.34. The average molecular weight is 573 g/mol. The van der Waals surface area contributed by atoms with Gasteiger partial charge in [-0.1, -0.05) is 54.1 Å². The van der Waals surface area contributed by atoms with Crippen LogP contribution in [0.15, 0.2) is 78.9 Å². The predicted molar refractivity (Wildman–Crippen MR) is 157 cm³/mol. The highest BCUT2D eigenvalue weighted by molar-refractivity contribution is 6.30. The number of esters is 1. The fourth-order valence-electron chi connectivity index (χ4n) is 4.94. The lowest BCUT2D eigenvalue weighted by atomic mass is 9.97. The summed E-state index contributed by atoms with van der Waals surface area (Å²) in [5.41, 5.74) is 4.97. The number of rotatable bonds is 8. The number of hydrogen-bond acceptors (Lipinski definition) is 5. The van der Waals surface area contributed by atoms with E-state index in [9.17, 15) is 14.0 Å². The monoisotopic (exact) mass is 572 g/mol. The Morgan fingerprint density at radius 2 is 1.76 bits per heavy atom. The van der Waals surface area contributed by atoms with Crippen LogP contribution in [0.1, 0.15) is 52.8 Å². The van der Waals surface area contributed by atoms with E-state index in [1.54, 1.807) is 35.9 Å². The van der Waals surface area contributed by atoms with Gasteiger partial charge in [-0.25, -0.2) is 9.07 Å². The molecule has 0 saturated carbocycles. The van der Waals surface area contributed by atoms with Crippen molar-refractivity contribution in [2.75, 3.05) is 19.7 Å². The molecule has 2 heterocycles. The van der Waals surface area contributed by atoms with Crippen LogP contribution in [-0.2, 0) is 16.1 Å². The third kappa shape index (κ3) is 6.56. The number of fused-ring (bicyclic) bond motifs is 1. The highest BCUT2D eigenvalue weighted by Gasteiger charge is 2.33. The first-order valence-electron chi connectivity index (χ1n) is 13.4. The number of nitrogens with zero attached hydrogens (tertiary/aromatic N) is 3. The van der Waals surface area contributed by atoms with Gasteiger partial charge >= 0.3 is 5.97 Å². The molecule has 1 amide bonds. The minimum atomic E-state index is -0.356. The van der Waals surface area contributed by atoms with Crippen LogP contribution in [0.25, 0.3) is 17.3 Å². The molecule has 1 atom stereocenters. The molecule has 41 heavy (non-hydrogen) atoms. The summed E-state index contributed by atoms with van der Waals surface area (Å²) in [6.07, 6.45) is 1.93. The van der Waals surface area contributed by atoms with Crippen molar-refractivity contribution >= 4 is 35.1 Å². The van der Waals surface area contributed by atoms with Crippen molar-refractivity contribution in [1.82, 2.24) is 20.0 Å². The minimum absolute atomic E-state index is 0.0433. The van der Waals surface area contributed by atoms with Gasteiger partial charge in [-0.15, -0.1) is 0 Å². The van der Waals surface area contributed by atoms with Crippen LogP contribution in [0.5, 0.6) is 0 Å². The van der Waals surface area contributed by atoms with Gasteiger partial charge in [-0.2, -0.15) is 5.10 Å². The van der Waals surface area contributed by atoms with Gasteiger partial charge < -0.3 is 10.1 Å². The van der Waals surface area contributed by atoms with Crippen LogP contribution in [0.2, 0.25) is 5.02 Å². The number of carbonyl (C=O) groups excluding carboxylic acids is 2. The molecule has 1 N–H and O–H groups in total. The Labute approximate surface area is 243 Å². The van der Waals surface area contributed by atoms with Gasteiger partial charge in [0.05, 0.1) is 30.6 Å². The number of aromatic nitrogens is 2. The summed E-state index contributed by atoms with van der Waals surface area (Å²) >= 11 is 6.17. The lowest BCUT2D eigenvalue weighted by Gasteiger charge is -2.29. The molecule has 0 fully saturated rings. The summed E-state index contributed by atoms with van der Waals surface area (Å²) < 4.78 is 20.6. The van der Waals surface area contributed by atoms with E-state index in [1.807, 2.05) is 60.4 Å². The summed E-state index contributed by atoms with van der Waals surface area (Å²) in [6.45, 7) is 4.70. The van der Waals surface area contributed by atoms with E-state index in [0.29, 0.717) is 23.7 Å². The van der Waals surface area contributed by atoms with E-state index < -0.39 is 0 Å². The number of benzene rings is 3. The Morgan fingerprint density at radius 1 is 1.05 bits per heavy atom. The van der Waals surface area contributed by atoms with Gasteiger partial charge in [0.15, 0.2) is 5.69 Å². The maximum Gasteiger partial charge on any atom is 0.320 e. The third-order valence-corrected chi connectivity index (χ3v) is 7.12. The Balaban J connectivity index is 1.62. The van der Waals surface area contributed by atoms with Crippen molar-refractivity contribution in [3.63, 3.8) is 0 Å². The van der Waals surface area contributed by atoms with Crippen LogP contribution in [0, 0.1) is 5.82 Å². The maximum atomic E-state index is 13.8. The van der Waals surface area contributed by atoms with E-state index >= 15 is 0 Å². The first-order valence-corrected chi connectivity index (χ1v) is 13.8. The lowest BCUT2D eigenvalue weighted by molar-refractivity contribution is -0.144. The van der Waals surface area contributed by atoms with E-state index in [-0.39, 0.29) is 42.6 Å². The molecule has 0 saturated heterocycles. The Bertz CT molecular complexity index is 1570. The molecule has 210 valence electrons. The predicted octanol–water partition coefficient (Wildman–Crippen LogP) is 6.08. The van der Waals surface area contributed by atoms with Gasteiger partial charge in [0, 0.05) is 23.7 Å². The molecule has 9 heteroatoms. The number of ether oxygens (including phenoxy) is 1. The number of amides is 1. The third-order valence-electron chi connectivity index (χ3n) is 6.87. The maximum absolute atomic E-state index is 13.8. The Hall–Kier alpha value is -4.27. The molecule has 3 aromatic carbocycles. The normalized spacial score (nSPS) is 14.9. The molecule has 0 aliphatic carbocycles. The summed E-state index contributed by atoms with van der Waals surface area (Å²) in [5.74, 6) is -1.02. The van der Waals surface area contributed by atoms with Crippen LogP contribution in [0.3, 0.4) is 0 Å². The lowest BCUT2D eigenvalue weighted by Crippen LogP contribution is -2.36. The second-order valence-corrected chi connectivity index (χ2v) is 10.3. The number of carbonyl (C=O) groups is 2.